The van der Waals surface area contributed by atoms with Gasteiger partial charge in [-0.05, 0) is 73.9 Å². The highest BCUT2D eigenvalue weighted by atomic mass is 35.5. The Bertz CT molecular complexity index is 1690. The van der Waals surface area contributed by atoms with Crippen LogP contribution >= 0.6 is 11.6 Å². The second-order valence-electron chi connectivity index (χ2n) is 10.9. The van der Waals surface area contributed by atoms with Crippen LogP contribution in [0, 0.1) is 0 Å². The van der Waals surface area contributed by atoms with E-state index in [2.05, 4.69) is 5.32 Å². The van der Waals surface area contributed by atoms with Gasteiger partial charge in [-0.2, -0.15) is 0 Å². The molecule has 0 spiro atoms. The molecular formula is C36H40ClN3O5S. The Hall–Kier alpha value is -4.34. The Morgan fingerprint density at radius 1 is 0.848 bits per heavy atom. The van der Waals surface area contributed by atoms with E-state index in [1.165, 1.54) is 17.0 Å². The van der Waals surface area contributed by atoms with Crippen molar-refractivity contribution in [1.82, 2.24) is 10.2 Å². The van der Waals surface area contributed by atoms with Crippen LogP contribution in [0.1, 0.15) is 38.3 Å². The standard InChI is InChI=1S/C36H40ClN3O5S/c1-4-27(3)38-36(42)34(24-28-14-8-6-9-15-28)39(25-29-16-12-13-19-33(29)37)35(41)26-40(30-17-10-7-11-18-30)46(43,44)32-22-20-31(21-23-32)45-5-2/h6-23,27,34H,4-5,24-26H2,1-3H3,(H,38,42)/t27-,34-/m0/s1. The van der Waals surface area contributed by atoms with Crippen LogP contribution in [-0.2, 0) is 32.6 Å². The van der Waals surface area contributed by atoms with Crippen molar-refractivity contribution in [3.63, 3.8) is 0 Å². The minimum Gasteiger partial charge on any atom is -0.494 e. The Kier molecular flexibility index (Phi) is 12.2. The van der Waals surface area contributed by atoms with E-state index in [0.29, 0.717) is 35.1 Å². The fourth-order valence-electron chi connectivity index (χ4n) is 4.93. The zero-order chi connectivity index (χ0) is 33.1. The quantitative estimate of drug-likeness (QED) is 0.157. The predicted octanol–water partition coefficient (Wildman–Crippen LogP) is 6.49. The first kappa shape index (κ1) is 34.5. The highest BCUT2D eigenvalue weighted by Gasteiger charge is 2.35. The molecule has 4 rings (SSSR count). The van der Waals surface area contributed by atoms with E-state index in [1.54, 1.807) is 60.7 Å². The Morgan fingerprint density at radius 2 is 1.46 bits per heavy atom. The lowest BCUT2D eigenvalue weighted by Crippen LogP contribution is -2.54. The molecule has 242 valence electrons. The van der Waals surface area contributed by atoms with Crippen LogP contribution in [0.2, 0.25) is 5.02 Å². The van der Waals surface area contributed by atoms with Crippen molar-refractivity contribution >= 4 is 39.1 Å². The summed E-state index contributed by atoms with van der Waals surface area (Å²) >= 11 is 6.56. The number of hydrogen-bond acceptors (Lipinski definition) is 5. The number of carbonyl (C=O) groups excluding carboxylic acids is 2. The number of sulfonamides is 1. The molecule has 0 bridgehead atoms. The number of rotatable bonds is 15. The summed E-state index contributed by atoms with van der Waals surface area (Å²) < 4.78 is 34.9. The zero-order valence-corrected chi connectivity index (χ0v) is 27.9. The monoisotopic (exact) mass is 661 g/mol. The second-order valence-corrected chi connectivity index (χ2v) is 13.2. The molecule has 2 atom stereocenters. The molecule has 0 aliphatic carbocycles. The van der Waals surface area contributed by atoms with Crippen molar-refractivity contribution in [2.45, 2.75) is 57.1 Å². The number of anilines is 1. The van der Waals surface area contributed by atoms with Gasteiger partial charge >= 0.3 is 0 Å². The number of benzene rings is 4. The second kappa shape index (κ2) is 16.3. The average Bonchev–Trinajstić information content (AvgIpc) is 3.07. The van der Waals surface area contributed by atoms with Gasteiger partial charge in [0.1, 0.15) is 18.3 Å². The fraction of sp³-hybridized carbons (Fsp3) is 0.278. The third-order valence-corrected chi connectivity index (χ3v) is 9.77. The summed E-state index contributed by atoms with van der Waals surface area (Å²) in [6.07, 6.45) is 0.917. The Balaban J connectivity index is 1.79. The molecule has 0 saturated heterocycles. The Morgan fingerprint density at radius 3 is 2.07 bits per heavy atom. The maximum atomic E-state index is 14.5. The van der Waals surface area contributed by atoms with Crippen molar-refractivity contribution in [3.8, 4) is 5.75 Å². The molecule has 0 saturated carbocycles. The van der Waals surface area contributed by atoms with Crippen LogP contribution in [0.15, 0.2) is 114 Å². The summed E-state index contributed by atoms with van der Waals surface area (Å²) in [6.45, 7) is 5.59. The zero-order valence-electron chi connectivity index (χ0n) is 26.3. The number of nitrogens with zero attached hydrogens (tertiary/aromatic N) is 2. The van der Waals surface area contributed by atoms with E-state index in [-0.39, 0.29) is 29.8 Å². The lowest BCUT2D eigenvalue weighted by molar-refractivity contribution is -0.140. The first-order valence-corrected chi connectivity index (χ1v) is 17.1. The molecule has 1 N–H and O–H groups in total. The molecule has 0 aliphatic heterocycles. The molecule has 10 heteroatoms. The van der Waals surface area contributed by atoms with Crippen LogP contribution in [0.5, 0.6) is 5.75 Å². The molecule has 2 amide bonds. The molecule has 46 heavy (non-hydrogen) atoms. The third-order valence-electron chi connectivity index (χ3n) is 7.62. The Labute approximate surface area is 277 Å². The first-order valence-electron chi connectivity index (χ1n) is 15.3. The molecule has 0 aliphatic rings. The summed E-state index contributed by atoms with van der Waals surface area (Å²) in [5.74, 6) is -0.358. The van der Waals surface area contributed by atoms with E-state index in [0.717, 1.165) is 9.87 Å². The van der Waals surface area contributed by atoms with Crippen molar-refractivity contribution < 1.29 is 22.7 Å². The molecular weight excluding hydrogens is 622 g/mol. The highest BCUT2D eigenvalue weighted by Crippen LogP contribution is 2.27. The average molecular weight is 662 g/mol. The van der Waals surface area contributed by atoms with E-state index < -0.39 is 28.5 Å². The van der Waals surface area contributed by atoms with Crippen LogP contribution in [0.4, 0.5) is 5.69 Å². The number of halogens is 1. The summed E-state index contributed by atoms with van der Waals surface area (Å²) in [6, 6.07) is 30.0. The number of ether oxygens (including phenoxy) is 1. The van der Waals surface area contributed by atoms with Gasteiger partial charge < -0.3 is 15.0 Å². The molecule has 0 aromatic heterocycles. The van der Waals surface area contributed by atoms with Gasteiger partial charge in [-0.25, -0.2) is 8.42 Å². The van der Waals surface area contributed by atoms with E-state index in [4.69, 9.17) is 16.3 Å². The maximum Gasteiger partial charge on any atom is 0.264 e. The fourth-order valence-corrected chi connectivity index (χ4v) is 6.54. The van der Waals surface area contributed by atoms with Gasteiger partial charge in [-0.15, -0.1) is 0 Å². The first-order chi connectivity index (χ1) is 22.1. The number of hydrogen-bond donors (Lipinski definition) is 1. The van der Waals surface area contributed by atoms with Crippen LogP contribution in [-0.4, -0.2) is 50.4 Å². The van der Waals surface area contributed by atoms with Gasteiger partial charge in [0.05, 0.1) is 17.2 Å². The van der Waals surface area contributed by atoms with Gasteiger partial charge in [-0.1, -0.05) is 85.3 Å². The summed E-state index contributed by atoms with van der Waals surface area (Å²) in [7, 11) is -4.22. The number of carbonyl (C=O) groups is 2. The lowest BCUT2D eigenvalue weighted by atomic mass is 10.0. The largest absolute Gasteiger partial charge is 0.494 e. The molecule has 0 fully saturated rings. The molecule has 4 aromatic rings. The normalized spacial score (nSPS) is 12.5. The lowest BCUT2D eigenvalue weighted by Gasteiger charge is -2.34. The molecule has 4 aromatic carbocycles. The molecule has 8 nitrogen and oxygen atoms in total. The van der Waals surface area contributed by atoms with E-state index in [9.17, 15) is 18.0 Å². The maximum absolute atomic E-state index is 14.5. The molecule has 0 radical (unpaired) electrons. The minimum absolute atomic E-state index is 0.000564. The SMILES string of the molecule is CCOc1ccc(S(=O)(=O)N(CC(=O)N(Cc2ccccc2Cl)[C@@H](Cc2ccccc2)C(=O)N[C@@H](C)CC)c2ccccc2)cc1. The number of para-hydroxylation sites is 1. The van der Waals surface area contributed by atoms with Crippen molar-refractivity contribution in [3.05, 3.63) is 125 Å². The highest BCUT2D eigenvalue weighted by molar-refractivity contribution is 7.92. The molecule has 0 unspecified atom stereocenters. The number of nitrogens with one attached hydrogen (secondary N) is 1. The van der Waals surface area contributed by atoms with E-state index >= 15 is 0 Å². The van der Waals surface area contributed by atoms with Crippen LogP contribution in [0.25, 0.3) is 0 Å². The topological polar surface area (TPSA) is 96.0 Å². The van der Waals surface area contributed by atoms with Crippen LogP contribution in [0.3, 0.4) is 0 Å². The minimum atomic E-state index is -4.22. The summed E-state index contributed by atoms with van der Waals surface area (Å²) in [4.78, 5) is 29.9. The van der Waals surface area contributed by atoms with Crippen molar-refractivity contribution in [1.29, 1.82) is 0 Å². The number of amides is 2. The predicted molar refractivity (Wildman–Crippen MR) is 182 cm³/mol. The summed E-state index contributed by atoms with van der Waals surface area (Å²) in [5, 5.41) is 3.47. The van der Waals surface area contributed by atoms with Crippen molar-refractivity contribution in [2.75, 3.05) is 17.5 Å². The van der Waals surface area contributed by atoms with Crippen molar-refractivity contribution in [2.24, 2.45) is 0 Å². The summed E-state index contributed by atoms with van der Waals surface area (Å²) in [5.41, 5.74) is 1.80. The van der Waals surface area contributed by atoms with E-state index in [1.807, 2.05) is 57.2 Å². The van der Waals surface area contributed by atoms with Gasteiger partial charge in [0.15, 0.2) is 0 Å². The smallest absolute Gasteiger partial charge is 0.264 e. The molecule has 0 heterocycles. The van der Waals surface area contributed by atoms with Gasteiger partial charge in [0.25, 0.3) is 10.0 Å². The van der Waals surface area contributed by atoms with Gasteiger partial charge in [0.2, 0.25) is 11.8 Å². The van der Waals surface area contributed by atoms with Crippen LogP contribution < -0.4 is 14.4 Å². The van der Waals surface area contributed by atoms with Gasteiger partial charge in [-0.3, -0.25) is 13.9 Å². The third kappa shape index (κ3) is 8.89. The van der Waals surface area contributed by atoms with Gasteiger partial charge in [0, 0.05) is 24.0 Å².